The predicted molar refractivity (Wildman–Crippen MR) is 106 cm³/mol. The quantitative estimate of drug-likeness (QED) is 0.589. The number of nitrogens with one attached hydrogen (secondary N) is 1. The van der Waals surface area contributed by atoms with Crippen LogP contribution in [-0.2, 0) is 4.79 Å². The number of ether oxygens (including phenoxy) is 1. The van der Waals surface area contributed by atoms with E-state index < -0.39 is 17.6 Å². The Morgan fingerprint density at radius 1 is 1.18 bits per heavy atom. The third kappa shape index (κ3) is 5.43. The van der Waals surface area contributed by atoms with Crippen LogP contribution in [0, 0.1) is 5.82 Å². The number of carbonyl (C=O) groups excluding carboxylic acids is 2. The number of nitrogens with two attached hydrogens (primary N) is 2. The third-order valence-electron chi connectivity index (χ3n) is 4.21. The highest BCUT2D eigenvalue weighted by molar-refractivity contribution is 6.32. The van der Waals surface area contributed by atoms with Gasteiger partial charge in [-0.05, 0) is 43.7 Å². The average molecular weight is 408 g/mol. The van der Waals surface area contributed by atoms with Crippen molar-refractivity contribution in [3.05, 3.63) is 58.4 Å². The Morgan fingerprint density at radius 3 is 2.36 bits per heavy atom. The highest BCUT2D eigenvalue weighted by atomic mass is 35.5. The molecule has 2 rings (SSSR count). The van der Waals surface area contributed by atoms with Crippen LogP contribution in [0.25, 0.3) is 0 Å². The van der Waals surface area contributed by atoms with E-state index >= 15 is 4.39 Å². The molecular weight excluding hydrogens is 385 g/mol. The molecule has 0 fully saturated rings. The molecule has 8 heteroatoms. The molecule has 0 saturated carbocycles. The number of rotatable bonds is 9. The van der Waals surface area contributed by atoms with Gasteiger partial charge < -0.3 is 21.5 Å². The molecule has 5 N–H and O–H groups in total. The summed E-state index contributed by atoms with van der Waals surface area (Å²) in [6, 6.07) is 8.54. The summed E-state index contributed by atoms with van der Waals surface area (Å²) < 4.78 is 20.8. The largest absolute Gasteiger partial charge is 0.453 e. The van der Waals surface area contributed by atoms with E-state index in [0.29, 0.717) is 23.3 Å². The van der Waals surface area contributed by atoms with Crippen LogP contribution in [0.3, 0.4) is 0 Å². The lowest BCUT2D eigenvalue weighted by Gasteiger charge is -2.23. The first-order valence-corrected chi connectivity index (χ1v) is 9.20. The van der Waals surface area contributed by atoms with Crippen molar-refractivity contribution < 1.29 is 18.7 Å². The van der Waals surface area contributed by atoms with Gasteiger partial charge >= 0.3 is 0 Å². The normalized spacial score (nSPS) is 13.0. The average Bonchev–Trinajstić information content (AvgIpc) is 2.63. The SMILES string of the molecule is CC[C@@H](N[C@@H](C)CC(N)=O)c1ccc(Cl)c(Oc2ccc(C(N)=O)cc2)c1F. The van der Waals surface area contributed by atoms with Gasteiger partial charge in [-0.3, -0.25) is 9.59 Å². The Kier molecular flexibility index (Phi) is 7.37. The van der Waals surface area contributed by atoms with E-state index in [0.717, 1.165) is 0 Å². The molecule has 28 heavy (non-hydrogen) atoms. The van der Waals surface area contributed by atoms with Crippen molar-refractivity contribution in [2.45, 2.75) is 38.8 Å². The zero-order chi connectivity index (χ0) is 20.8. The van der Waals surface area contributed by atoms with Gasteiger partial charge in [-0.2, -0.15) is 0 Å². The number of carbonyl (C=O) groups is 2. The zero-order valence-corrected chi connectivity index (χ0v) is 16.4. The van der Waals surface area contributed by atoms with E-state index in [1.54, 1.807) is 19.1 Å². The summed E-state index contributed by atoms with van der Waals surface area (Å²) in [6.45, 7) is 3.70. The Hall–Kier alpha value is -2.64. The molecule has 2 atom stereocenters. The van der Waals surface area contributed by atoms with Crippen LogP contribution in [0.4, 0.5) is 4.39 Å². The summed E-state index contributed by atoms with van der Waals surface area (Å²) in [4.78, 5) is 22.2. The molecule has 0 bridgehead atoms. The lowest BCUT2D eigenvalue weighted by molar-refractivity contribution is -0.118. The van der Waals surface area contributed by atoms with E-state index in [4.69, 9.17) is 27.8 Å². The van der Waals surface area contributed by atoms with Gasteiger partial charge in [-0.25, -0.2) is 4.39 Å². The summed E-state index contributed by atoms with van der Waals surface area (Å²) in [7, 11) is 0. The second-order valence-electron chi connectivity index (χ2n) is 6.47. The Balaban J connectivity index is 2.28. The second-order valence-corrected chi connectivity index (χ2v) is 6.88. The molecule has 0 heterocycles. The van der Waals surface area contributed by atoms with Crippen molar-refractivity contribution in [3.63, 3.8) is 0 Å². The molecule has 6 nitrogen and oxygen atoms in total. The summed E-state index contributed by atoms with van der Waals surface area (Å²) in [5.41, 5.74) is 11.1. The minimum Gasteiger partial charge on any atom is -0.453 e. The lowest BCUT2D eigenvalue weighted by Crippen LogP contribution is -2.34. The third-order valence-corrected chi connectivity index (χ3v) is 4.51. The van der Waals surface area contributed by atoms with Crippen LogP contribution in [0.2, 0.25) is 5.02 Å². The van der Waals surface area contributed by atoms with E-state index in [9.17, 15) is 9.59 Å². The summed E-state index contributed by atoms with van der Waals surface area (Å²) in [5.74, 6) is -1.41. The Labute approximate surface area is 168 Å². The molecule has 0 saturated heterocycles. The minimum absolute atomic E-state index is 0.111. The van der Waals surface area contributed by atoms with Crippen LogP contribution >= 0.6 is 11.6 Å². The van der Waals surface area contributed by atoms with Gasteiger partial charge in [0.1, 0.15) is 5.75 Å². The van der Waals surface area contributed by atoms with Gasteiger partial charge in [0.15, 0.2) is 11.6 Å². The number of primary amides is 2. The van der Waals surface area contributed by atoms with Crippen molar-refractivity contribution in [2.75, 3.05) is 0 Å². The van der Waals surface area contributed by atoms with Crippen LogP contribution in [0.5, 0.6) is 11.5 Å². The maximum absolute atomic E-state index is 15.2. The van der Waals surface area contributed by atoms with Crippen molar-refractivity contribution in [2.24, 2.45) is 11.5 Å². The fourth-order valence-corrected chi connectivity index (χ4v) is 3.03. The van der Waals surface area contributed by atoms with E-state index in [1.807, 2.05) is 6.92 Å². The van der Waals surface area contributed by atoms with Crippen molar-refractivity contribution in [3.8, 4) is 11.5 Å². The van der Waals surface area contributed by atoms with Crippen LogP contribution in [0.15, 0.2) is 36.4 Å². The molecule has 0 aliphatic carbocycles. The van der Waals surface area contributed by atoms with Crippen LogP contribution in [0.1, 0.15) is 48.7 Å². The van der Waals surface area contributed by atoms with E-state index in [-0.39, 0.29) is 29.3 Å². The monoisotopic (exact) mass is 407 g/mol. The number of benzene rings is 2. The van der Waals surface area contributed by atoms with Crippen LogP contribution < -0.4 is 21.5 Å². The fourth-order valence-electron chi connectivity index (χ4n) is 2.85. The first-order chi connectivity index (χ1) is 13.2. The van der Waals surface area contributed by atoms with Gasteiger partial charge in [0, 0.05) is 29.6 Å². The molecule has 0 spiro atoms. The van der Waals surface area contributed by atoms with Gasteiger partial charge in [0.05, 0.1) is 5.02 Å². The maximum Gasteiger partial charge on any atom is 0.248 e. The first-order valence-electron chi connectivity index (χ1n) is 8.82. The van der Waals surface area contributed by atoms with Crippen LogP contribution in [-0.4, -0.2) is 17.9 Å². The smallest absolute Gasteiger partial charge is 0.248 e. The Bertz CT molecular complexity index is 859. The molecule has 0 aromatic heterocycles. The zero-order valence-electron chi connectivity index (χ0n) is 15.7. The summed E-state index contributed by atoms with van der Waals surface area (Å²) in [5, 5.41) is 3.31. The van der Waals surface area contributed by atoms with Gasteiger partial charge in [0.2, 0.25) is 11.8 Å². The predicted octanol–water partition coefficient (Wildman–Crippen LogP) is 3.67. The van der Waals surface area contributed by atoms with Crippen molar-refractivity contribution in [1.29, 1.82) is 0 Å². The highest BCUT2D eigenvalue weighted by Crippen LogP contribution is 2.36. The van der Waals surface area contributed by atoms with Gasteiger partial charge in [-0.15, -0.1) is 0 Å². The fraction of sp³-hybridized carbons (Fsp3) is 0.300. The molecule has 2 amide bonds. The van der Waals surface area contributed by atoms with Gasteiger partial charge in [0.25, 0.3) is 0 Å². The molecule has 2 aromatic rings. The molecule has 2 aromatic carbocycles. The summed E-state index contributed by atoms with van der Waals surface area (Å²) in [6.07, 6.45) is 0.718. The minimum atomic E-state index is -0.600. The van der Waals surface area contributed by atoms with E-state index in [2.05, 4.69) is 5.32 Å². The Morgan fingerprint density at radius 2 is 1.82 bits per heavy atom. The molecule has 0 radical (unpaired) electrons. The molecular formula is C20H23ClFN3O3. The lowest BCUT2D eigenvalue weighted by atomic mass is 10.0. The topological polar surface area (TPSA) is 107 Å². The molecule has 0 aliphatic rings. The highest BCUT2D eigenvalue weighted by Gasteiger charge is 2.22. The maximum atomic E-state index is 15.2. The second kappa shape index (κ2) is 9.52. The first kappa shape index (κ1) is 21.7. The number of halogens is 2. The number of hydrogen-bond acceptors (Lipinski definition) is 4. The number of amides is 2. The molecule has 0 unspecified atom stereocenters. The number of hydrogen-bond donors (Lipinski definition) is 3. The van der Waals surface area contributed by atoms with E-state index in [1.165, 1.54) is 24.3 Å². The van der Waals surface area contributed by atoms with Crippen molar-refractivity contribution >= 4 is 23.4 Å². The van der Waals surface area contributed by atoms with Gasteiger partial charge in [-0.1, -0.05) is 24.6 Å². The van der Waals surface area contributed by atoms with Crippen molar-refractivity contribution in [1.82, 2.24) is 5.32 Å². The standard InChI is InChI=1S/C20H23ClFN3O3/c1-3-16(25-11(2)10-17(23)26)14-8-9-15(21)19(18(14)22)28-13-6-4-12(5-7-13)20(24)27/h4-9,11,16,25H,3,10H2,1-2H3,(H2,23,26)(H2,24,27)/t11-,16+/m0/s1. The molecule has 150 valence electrons. The molecule has 0 aliphatic heterocycles. The summed E-state index contributed by atoms with van der Waals surface area (Å²) >= 11 is 6.13.